The van der Waals surface area contributed by atoms with Gasteiger partial charge in [-0.05, 0) is 24.3 Å². The Morgan fingerprint density at radius 3 is 2.41 bits per heavy atom. The van der Waals surface area contributed by atoms with Crippen LogP contribution >= 0.6 is 0 Å². The lowest BCUT2D eigenvalue weighted by Crippen LogP contribution is -2.47. The van der Waals surface area contributed by atoms with Gasteiger partial charge in [0.25, 0.3) is 5.91 Å². The molecular formula is C15H15FN2O4. The van der Waals surface area contributed by atoms with Crippen molar-refractivity contribution in [3.05, 3.63) is 35.6 Å². The fourth-order valence-electron chi connectivity index (χ4n) is 2.80. The van der Waals surface area contributed by atoms with Gasteiger partial charge < -0.3 is 14.8 Å². The second-order valence-corrected chi connectivity index (χ2v) is 5.59. The number of hydrogen-bond acceptors (Lipinski definition) is 4. The van der Waals surface area contributed by atoms with E-state index in [-0.39, 0.29) is 23.9 Å². The monoisotopic (exact) mass is 306 g/mol. The van der Waals surface area contributed by atoms with Gasteiger partial charge in [-0.2, -0.15) is 0 Å². The van der Waals surface area contributed by atoms with Gasteiger partial charge in [0, 0.05) is 37.9 Å². The lowest BCUT2D eigenvalue weighted by atomic mass is 9.86. The number of halogens is 1. The number of nitrogens with zero attached hydrogens (tertiary/aromatic N) is 2. The molecule has 3 rings (SSSR count). The largest absolute Gasteiger partial charge is 0.477 e. The maximum atomic E-state index is 12.9. The first kappa shape index (κ1) is 14.5. The van der Waals surface area contributed by atoms with E-state index in [4.69, 9.17) is 9.94 Å². The van der Waals surface area contributed by atoms with Gasteiger partial charge in [-0.3, -0.25) is 4.79 Å². The van der Waals surface area contributed by atoms with Gasteiger partial charge >= 0.3 is 5.97 Å². The summed E-state index contributed by atoms with van der Waals surface area (Å²) >= 11 is 0. The summed E-state index contributed by atoms with van der Waals surface area (Å²) in [6.45, 7) is 0.914. The molecule has 0 unspecified atom stereocenters. The van der Waals surface area contributed by atoms with Crippen LogP contribution < -0.4 is 0 Å². The van der Waals surface area contributed by atoms with Crippen molar-refractivity contribution in [3.8, 4) is 0 Å². The highest BCUT2D eigenvalue weighted by molar-refractivity contribution is 6.36. The predicted molar refractivity (Wildman–Crippen MR) is 75.0 cm³/mol. The molecule has 0 atom stereocenters. The predicted octanol–water partition coefficient (Wildman–Crippen LogP) is 1.66. The maximum absolute atomic E-state index is 12.9. The van der Waals surface area contributed by atoms with Gasteiger partial charge in [-0.1, -0.05) is 5.16 Å². The fourth-order valence-corrected chi connectivity index (χ4v) is 2.80. The third kappa shape index (κ3) is 2.66. The van der Waals surface area contributed by atoms with Gasteiger partial charge in [0.1, 0.15) is 11.4 Å². The molecule has 1 aromatic rings. The highest BCUT2D eigenvalue weighted by atomic mass is 19.1. The number of aliphatic carboxylic acids is 1. The number of oxime groups is 1. The molecule has 6 nitrogen and oxygen atoms in total. The SMILES string of the molecule is O=C(O)C1=NOC2(CCN(C(=O)c3ccc(F)cc3)CC2)C1. The van der Waals surface area contributed by atoms with Crippen LogP contribution in [-0.4, -0.2) is 46.3 Å². The standard InChI is InChI=1S/C15H15FN2O4/c16-11-3-1-10(2-4-11)13(19)18-7-5-15(6-8-18)9-12(14(20)21)17-22-15/h1-4H,5-9H2,(H,20,21). The molecule has 7 heteroatoms. The highest BCUT2D eigenvalue weighted by Crippen LogP contribution is 2.35. The second kappa shape index (κ2) is 5.40. The summed E-state index contributed by atoms with van der Waals surface area (Å²) in [6, 6.07) is 5.43. The molecule has 0 aliphatic carbocycles. The number of amides is 1. The normalized spacial score (nSPS) is 19.7. The average molecular weight is 306 g/mol. The Morgan fingerprint density at radius 2 is 1.86 bits per heavy atom. The van der Waals surface area contributed by atoms with E-state index in [1.54, 1.807) is 4.90 Å². The number of hydrogen-bond donors (Lipinski definition) is 1. The average Bonchev–Trinajstić information content (AvgIpc) is 2.92. The summed E-state index contributed by atoms with van der Waals surface area (Å²) in [5, 5.41) is 12.6. The zero-order chi connectivity index (χ0) is 15.7. The minimum absolute atomic E-state index is 0.0262. The van der Waals surface area contributed by atoms with Crippen LogP contribution in [0.1, 0.15) is 29.6 Å². The molecule has 1 spiro atoms. The van der Waals surface area contributed by atoms with E-state index < -0.39 is 11.6 Å². The summed E-state index contributed by atoms with van der Waals surface area (Å²) in [6.07, 6.45) is 1.32. The third-order valence-electron chi connectivity index (χ3n) is 4.14. The molecule has 0 saturated carbocycles. The number of carbonyl (C=O) groups excluding carboxylic acids is 1. The summed E-state index contributed by atoms with van der Waals surface area (Å²) in [7, 11) is 0. The Kier molecular flexibility index (Phi) is 3.56. The van der Waals surface area contributed by atoms with Crippen molar-refractivity contribution in [2.45, 2.75) is 24.9 Å². The van der Waals surface area contributed by atoms with Crippen molar-refractivity contribution in [2.75, 3.05) is 13.1 Å². The van der Waals surface area contributed by atoms with Crippen molar-refractivity contribution in [1.29, 1.82) is 0 Å². The number of rotatable bonds is 2. The molecule has 0 radical (unpaired) electrons. The molecule has 2 heterocycles. The van der Waals surface area contributed by atoms with Gasteiger partial charge in [-0.15, -0.1) is 0 Å². The van der Waals surface area contributed by atoms with Crippen molar-refractivity contribution in [2.24, 2.45) is 5.16 Å². The molecule has 2 aliphatic heterocycles. The van der Waals surface area contributed by atoms with Gasteiger partial charge in [0.05, 0.1) is 0 Å². The number of carbonyl (C=O) groups is 2. The van der Waals surface area contributed by atoms with Crippen molar-refractivity contribution in [1.82, 2.24) is 4.90 Å². The zero-order valence-corrected chi connectivity index (χ0v) is 11.8. The van der Waals surface area contributed by atoms with Gasteiger partial charge in [0.2, 0.25) is 0 Å². The molecule has 1 fully saturated rings. The quantitative estimate of drug-likeness (QED) is 0.901. The lowest BCUT2D eigenvalue weighted by molar-refractivity contribution is -0.129. The second-order valence-electron chi connectivity index (χ2n) is 5.59. The van der Waals surface area contributed by atoms with Crippen LogP contribution in [0.5, 0.6) is 0 Å². The Bertz CT molecular complexity index is 633. The van der Waals surface area contributed by atoms with E-state index >= 15 is 0 Å². The Morgan fingerprint density at radius 1 is 1.23 bits per heavy atom. The minimum atomic E-state index is -1.07. The van der Waals surface area contributed by atoms with E-state index in [1.807, 2.05) is 0 Å². The number of benzene rings is 1. The highest BCUT2D eigenvalue weighted by Gasteiger charge is 2.44. The van der Waals surface area contributed by atoms with Gasteiger partial charge in [0.15, 0.2) is 5.71 Å². The van der Waals surface area contributed by atoms with E-state index in [9.17, 15) is 14.0 Å². The molecule has 2 aliphatic rings. The molecule has 1 amide bonds. The van der Waals surface area contributed by atoms with Crippen LogP contribution in [0.4, 0.5) is 4.39 Å². The summed E-state index contributed by atoms with van der Waals surface area (Å²) in [5.41, 5.74) is -0.140. The van der Waals surface area contributed by atoms with Crippen LogP contribution in [0.2, 0.25) is 0 Å². The van der Waals surface area contributed by atoms with E-state index in [1.165, 1.54) is 24.3 Å². The first-order valence-electron chi connectivity index (χ1n) is 7.02. The fraction of sp³-hybridized carbons (Fsp3) is 0.400. The Hall–Kier alpha value is -2.44. The third-order valence-corrected chi connectivity index (χ3v) is 4.14. The number of likely N-dealkylation sites (tertiary alicyclic amines) is 1. The number of carboxylic acid groups (broad SMARTS) is 1. The van der Waals surface area contributed by atoms with Crippen molar-refractivity contribution < 1.29 is 23.9 Å². The van der Waals surface area contributed by atoms with E-state index in [0.29, 0.717) is 31.5 Å². The minimum Gasteiger partial charge on any atom is -0.477 e. The lowest BCUT2D eigenvalue weighted by Gasteiger charge is -2.37. The molecule has 0 aromatic heterocycles. The molecule has 116 valence electrons. The zero-order valence-electron chi connectivity index (χ0n) is 11.8. The first-order valence-corrected chi connectivity index (χ1v) is 7.02. The maximum Gasteiger partial charge on any atom is 0.353 e. The van der Waals surface area contributed by atoms with Crippen LogP contribution in [0.25, 0.3) is 0 Å². The summed E-state index contributed by atoms with van der Waals surface area (Å²) in [5.74, 6) is -1.61. The topological polar surface area (TPSA) is 79.2 Å². The van der Waals surface area contributed by atoms with Crippen LogP contribution in [0, 0.1) is 5.82 Å². The van der Waals surface area contributed by atoms with E-state index in [2.05, 4.69) is 5.16 Å². The molecule has 0 bridgehead atoms. The molecule has 1 aromatic carbocycles. The Balaban J connectivity index is 1.62. The van der Waals surface area contributed by atoms with Gasteiger partial charge in [-0.25, -0.2) is 9.18 Å². The van der Waals surface area contributed by atoms with Crippen LogP contribution in [-0.2, 0) is 9.63 Å². The van der Waals surface area contributed by atoms with Crippen LogP contribution in [0.15, 0.2) is 29.4 Å². The molecular weight excluding hydrogens is 291 g/mol. The summed E-state index contributed by atoms with van der Waals surface area (Å²) < 4.78 is 12.9. The Labute approximate surface area is 126 Å². The molecule has 1 N–H and O–H groups in total. The van der Waals surface area contributed by atoms with Crippen molar-refractivity contribution >= 4 is 17.6 Å². The smallest absolute Gasteiger partial charge is 0.353 e. The summed E-state index contributed by atoms with van der Waals surface area (Å²) in [4.78, 5) is 30.2. The molecule has 1 saturated heterocycles. The molecule has 22 heavy (non-hydrogen) atoms. The van der Waals surface area contributed by atoms with Crippen molar-refractivity contribution in [3.63, 3.8) is 0 Å². The first-order chi connectivity index (χ1) is 10.5. The number of carboxylic acids is 1. The van der Waals surface area contributed by atoms with Crippen LogP contribution in [0.3, 0.4) is 0 Å². The number of piperidine rings is 1. The van der Waals surface area contributed by atoms with E-state index in [0.717, 1.165) is 0 Å².